The first kappa shape index (κ1) is 13.9. The largest absolute Gasteiger partial charge is 0.658 e. The van der Waals surface area contributed by atoms with Gasteiger partial charge in [-0.1, -0.05) is 23.8 Å². The van der Waals surface area contributed by atoms with E-state index in [4.69, 9.17) is 0 Å². The summed E-state index contributed by atoms with van der Waals surface area (Å²) in [4.78, 5) is 11.7. The first-order chi connectivity index (χ1) is 7.05. The minimum Gasteiger partial charge on any atom is -0.658 e. The van der Waals surface area contributed by atoms with Gasteiger partial charge in [-0.25, -0.2) is 0 Å². The topological polar surface area (TPSA) is 31.2 Å². The minimum atomic E-state index is -0.551. The molecule has 16 heavy (non-hydrogen) atoms. The molecule has 0 N–H and O–H groups in total. The monoisotopic (exact) mass is 290 g/mol. The normalized spacial score (nSPS) is 22.2. The molecule has 0 saturated heterocycles. The predicted octanol–water partition coefficient (Wildman–Crippen LogP) is 2.44. The Morgan fingerprint density at radius 1 is 1.38 bits per heavy atom. The van der Waals surface area contributed by atoms with Gasteiger partial charge in [0.15, 0.2) is 0 Å². The van der Waals surface area contributed by atoms with Crippen molar-refractivity contribution in [2.75, 3.05) is 7.05 Å². The van der Waals surface area contributed by atoms with Crippen molar-refractivity contribution in [2.24, 2.45) is 5.41 Å². The van der Waals surface area contributed by atoms with E-state index in [1.807, 2.05) is 0 Å². The van der Waals surface area contributed by atoms with E-state index < -0.39 is 5.41 Å². The van der Waals surface area contributed by atoms with Crippen LogP contribution >= 0.6 is 0 Å². The number of hydrogen-bond donors (Lipinski definition) is 0. The number of hydrogen-bond acceptors (Lipinski definition) is 1. The fourth-order valence-electron chi connectivity index (χ4n) is 2.27. The molecule has 1 aromatic carbocycles. The SMILES string of the molecule is [CH2-]C1(C(=O)[N-]C)Cc2ccc(C)cc2C1.[Y]. The summed E-state index contributed by atoms with van der Waals surface area (Å²) in [6.45, 7) is 6.11. The van der Waals surface area contributed by atoms with Gasteiger partial charge in [-0.05, 0) is 30.9 Å². The summed E-state index contributed by atoms with van der Waals surface area (Å²) in [5.74, 6) is -0.0867. The van der Waals surface area contributed by atoms with E-state index in [0.717, 1.165) is 12.8 Å². The van der Waals surface area contributed by atoms with Gasteiger partial charge in [0.1, 0.15) is 0 Å². The maximum absolute atomic E-state index is 11.7. The second kappa shape index (κ2) is 4.97. The van der Waals surface area contributed by atoms with Crippen LogP contribution in [0.1, 0.15) is 16.7 Å². The molecule has 1 unspecified atom stereocenters. The van der Waals surface area contributed by atoms with E-state index in [9.17, 15) is 4.79 Å². The van der Waals surface area contributed by atoms with Crippen molar-refractivity contribution in [3.8, 4) is 0 Å². The van der Waals surface area contributed by atoms with Gasteiger partial charge in [-0.2, -0.15) is 0 Å². The molecule has 0 fully saturated rings. The van der Waals surface area contributed by atoms with Gasteiger partial charge in [-0.3, -0.25) is 0 Å². The van der Waals surface area contributed by atoms with Gasteiger partial charge < -0.3 is 17.0 Å². The van der Waals surface area contributed by atoms with Crippen LogP contribution in [0, 0.1) is 19.3 Å². The summed E-state index contributed by atoms with van der Waals surface area (Å²) in [6, 6.07) is 6.32. The zero-order chi connectivity index (χ0) is 11.1. The van der Waals surface area contributed by atoms with Gasteiger partial charge in [0.2, 0.25) is 0 Å². The standard InChI is InChI=1S/C13H16NO.Y/c1-9-4-5-10-7-13(2,12(15)14-3)8-11(10)6-9;/h4-6H,2,7-8H2,1,3H3,(H,14,15);/q-1;/p-1. The van der Waals surface area contributed by atoms with Crippen LogP contribution in [0.3, 0.4) is 0 Å². The third kappa shape index (κ3) is 2.38. The first-order valence-electron chi connectivity index (χ1n) is 5.13. The Bertz CT molecular complexity index is 416. The Labute approximate surface area is 122 Å². The molecule has 0 heterocycles. The van der Waals surface area contributed by atoms with Gasteiger partial charge in [0, 0.05) is 38.6 Å². The van der Waals surface area contributed by atoms with Gasteiger partial charge in [0.05, 0.1) is 0 Å². The number of benzene rings is 1. The summed E-state index contributed by atoms with van der Waals surface area (Å²) in [5.41, 5.74) is 3.18. The summed E-state index contributed by atoms with van der Waals surface area (Å²) < 4.78 is 0. The van der Waals surface area contributed by atoms with Gasteiger partial charge in [0.25, 0.3) is 0 Å². The smallest absolute Gasteiger partial charge is 0.0273 e. The molecule has 3 heteroatoms. The van der Waals surface area contributed by atoms with Gasteiger partial charge in [-0.15, -0.1) is 12.5 Å². The van der Waals surface area contributed by atoms with Crippen molar-refractivity contribution in [1.82, 2.24) is 0 Å². The number of nitrogens with zero attached hydrogens (tertiary/aromatic N) is 1. The van der Waals surface area contributed by atoms with Crippen LogP contribution in [0.25, 0.3) is 5.32 Å². The van der Waals surface area contributed by atoms with Crippen molar-refractivity contribution < 1.29 is 37.5 Å². The van der Waals surface area contributed by atoms with E-state index in [1.54, 1.807) is 7.05 Å². The minimum absolute atomic E-state index is 0. The second-order valence-electron chi connectivity index (χ2n) is 4.43. The molecule has 1 aliphatic carbocycles. The van der Waals surface area contributed by atoms with Crippen LogP contribution in [-0.4, -0.2) is 13.0 Å². The average Bonchev–Trinajstić information content (AvgIpc) is 2.53. The van der Waals surface area contributed by atoms with E-state index in [0.29, 0.717) is 0 Å². The second-order valence-corrected chi connectivity index (χ2v) is 4.43. The summed E-state index contributed by atoms with van der Waals surface area (Å²) in [6.07, 6.45) is 1.44. The maximum atomic E-state index is 11.7. The molecule has 1 aromatic rings. The predicted molar refractivity (Wildman–Crippen MR) is 60.7 cm³/mol. The van der Waals surface area contributed by atoms with Crippen molar-refractivity contribution in [1.29, 1.82) is 0 Å². The fraction of sp³-hybridized carbons (Fsp3) is 0.385. The van der Waals surface area contributed by atoms with Crippen molar-refractivity contribution in [2.45, 2.75) is 19.8 Å². The molecule has 1 amide bonds. The van der Waals surface area contributed by atoms with E-state index >= 15 is 0 Å². The molecule has 2 nitrogen and oxygen atoms in total. The van der Waals surface area contributed by atoms with E-state index in [-0.39, 0.29) is 38.6 Å². The molecular formula is C13H15NOY-2. The summed E-state index contributed by atoms with van der Waals surface area (Å²) in [5, 5.41) is 3.75. The Balaban J connectivity index is 0.00000128. The summed E-state index contributed by atoms with van der Waals surface area (Å²) in [7, 11) is 1.55. The molecule has 0 saturated carbocycles. The molecule has 2 rings (SSSR count). The van der Waals surface area contributed by atoms with Crippen molar-refractivity contribution >= 4 is 5.91 Å². The Morgan fingerprint density at radius 3 is 2.62 bits per heavy atom. The molecule has 1 atom stereocenters. The molecule has 83 valence electrons. The van der Waals surface area contributed by atoms with Crippen LogP contribution in [0.15, 0.2) is 18.2 Å². The summed E-state index contributed by atoms with van der Waals surface area (Å²) >= 11 is 0. The Hall–Kier alpha value is -0.206. The van der Waals surface area contributed by atoms with E-state index in [1.165, 1.54) is 16.7 Å². The molecule has 0 spiro atoms. The third-order valence-corrected chi connectivity index (χ3v) is 3.08. The molecular weight excluding hydrogens is 275 g/mol. The Morgan fingerprint density at radius 2 is 2.00 bits per heavy atom. The number of aryl methyl sites for hydroxylation is 1. The number of carbonyl (C=O) groups excluding carboxylic acids is 1. The van der Waals surface area contributed by atoms with Crippen LogP contribution in [0.2, 0.25) is 0 Å². The number of amides is 1. The van der Waals surface area contributed by atoms with Crippen LogP contribution in [-0.2, 0) is 50.3 Å². The molecule has 0 aromatic heterocycles. The first-order valence-corrected chi connectivity index (χ1v) is 5.13. The van der Waals surface area contributed by atoms with Crippen LogP contribution < -0.4 is 0 Å². The van der Waals surface area contributed by atoms with Crippen LogP contribution in [0.5, 0.6) is 0 Å². The maximum Gasteiger partial charge on any atom is 0.0273 e. The number of carbonyl (C=O) groups is 1. The molecule has 1 radical (unpaired) electrons. The Kier molecular flexibility index (Phi) is 4.31. The van der Waals surface area contributed by atoms with Crippen LogP contribution in [0.4, 0.5) is 0 Å². The zero-order valence-electron chi connectivity index (χ0n) is 9.79. The van der Waals surface area contributed by atoms with Gasteiger partial charge >= 0.3 is 0 Å². The average molecular weight is 290 g/mol. The number of fused-ring (bicyclic) bond motifs is 1. The zero-order valence-corrected chi connectivity index (χ0v) is 12.6. The molecule has 0 aliphatic heterocycles. The van der Waals surface area contributed by atoms with E-state index in [2.05, 4.69) is 37.4 Å². The van der Waals surface area contributed by atoms with Crippen molar-refractivity contribution in [3.63, 3.8) is 0 Å². The molecule has 0 bridgehead atoms. The van der Waals surface area contributed by atoms with Crippen molar-refractivity contribution in [3.05, 3.63) is 47.1 Å². The number of rotatable bonds is 1. The molecule has 1 aliphatic rings. The quantitative estimate of drug-likeness (QED) is 0.731. The third-order valence-electron chi connectivity index (χ3n) is 3.08. The fourth-order valence-corrected chi connectivity index (χ4v) is 2.27.